The standard InChI is InChI=1S/C17H19BrO/c1-3-4-13-5-7-14(8-6-13)17(18)15-9-11-16(19-2)12-10-15/h5-12,17H,3-4H2,1-2H3. The number of aryl methyl sites for hydroxylation is 1. The Labute approximate surface area is 123 Å². The van der Waals surface area contributed by atoms with Gasteiger partial charge >= 0.3 is 0 Å². The number of halogens is 1. The number of methoxy groups -OCH3 is 1. The molecular formula is C17H19BrO. The molecule has 2 heteroatoms. The van der Waals surface area contributed by atoms with E-state index in [4.69, 9.17) is 4.74 Å². The molecule has 0 saturated carbocycles. The monoisotopic (exact) mass is 318 g/mol. The fourth-order valence-corrected chi connectivity index (χ4v) is 2.72. The molecule has 1 nitrogen and oxygen atoms in total. The third kappa shape index (κ3) is 3.60. The molecule has 0 aliphatic carbocycles. The van der Waals surface area contributed by atoms with Gasteiger partial charge in [-0.2, -0.15) is 0 Å². The fraction of sp³-hybridized carbons (Fsp3) is 0.294. The Morgan fingerprint density at radius 3 is 1.95 bits per heavy atom. The minimum atomic E-state index is 0.231. The third-order valence-corrected chi connectivity index (χ3v) is 4.28. The normalized spacial score (nSPS) is 12.2. The maximum Gasteiger partial charge on any atom is 0.118 e. The molecule has 0 aromatic heterocycles. The second kappa shape index (κ2) is 6.76. The SMILES string of the molecule is CCCc1ccc(C(Br)c2ccc(OC)cc2)cc1. The summed E-state index contributed by atoms with van der Waals surface area (Å²) in [5.74, 6) is 0.891. The zero-order valence-electron chi connectivity index (χ0n) is 11.4. The van der Waals surface area contributed by atoms with Crippen LogP contribution < -0.4 is 4.74 Å². The molecule has 0 aliphatic rings. The van der Waals surface area contributed by atoms with Crippen LogP contribution in [-0.4, -0.2) is 7.11 Å². The molecule has 0 heterocycles. The smallest absolute Gasteiger partial charge is 0.118 e. The molecular weight excluding hydrogens is 300 g/mol. The van der Waals surface area contributed by atoms with E-state index in [1.165, 1.54) is 23.1 Å². The number of benzene rings is 2. The third-order valence-electron chi connectivity index (χ3n) is 3.22. The lowest BCUT2D eigenvalue weighted by molar-refractivity contribution is 0.414. The average Bonchev–Trinajstić information content (AvgIpc) is 2.48. The Morgan fingerprint density at radius 1 is 0.947 bits per heavy atom. The van der Waals surface area contributed by atoms with Crippen LogP contribution in [0, 0.1) is 0 Å². The van der Waals surface area contributed by atoms with Crippen LogP contribution in [0.15, 0.2) is 48.5 Å². The van der Waals surface area contributed by atoms with Gasteiger partial charge in [0.2, 0.25) is 0 Å². The minimum absolute atomic E-state index is 0.231. The van der Waals surface area contributed by atoms with Gasteiger partial charge in [-0.1, -0.05) is 65.7 Å². The average molecular weight is 319 g/mol. The van der Waals surface area contributed by atoms with Crippen molar-refractivity contribution in [3.63, 3.8) is 0 Å². The second-order valence-corrected chi connectivity index (χ2v) is 5.54. The van der Waals surface area contributed by atoms with E-state index in [9.17, 15) is 0 Å². The van der Waals surface area contributed by atoms with Gasteiger partial charge in [-0.05, 0) is 35.2 Å². The number of ether oxygens (including phenoxy) is 1. The van der Waals surface area contributed by atoms with Crippen molar-refractivity contribution in [2.75, 3.05) is 7.11 Å². The molecule has 2 aromatic carbocycles. The van der Waals surface area contributed by atoms with Gasteiger partial charge in [0.05, 0.1) is 11.9 Å². The van der Waals surface area contributed by atoms with Crippen LogP contribution in [0.5, 0.6) is 5.75 Å². The fourth-order valence-electron chi connectivity index (χ4n) is 2.11. The largest absolute Gasteiger partial charge is 0.497 e. The molecule has 2 rings (SSSR count). The van der Waals surface area contributed by atoms with Crippen molar-refractivity contribution in [3.05, 3.63) is 65.2 Å². The quantitative estimate of drug-likeness (QED) is 0.694. The number of alkyl halides is 1. The summed E-state index contributed by atoms with van der Waals surface area (Å²) in [6, 6.07) is 17.0. The van der Waals surface area contributed by atoms with Crippen LogP contribution in [0.4, 0.5) is 0 Å². The Morgan fingerprint density at radius 2 is 1.47 bits per heavy atom. The van der Waals surface area contributed by atoms with Gasteiger partial charge in [0.1, 0.15) is 5.75 Å². The molecule has 0 amide bonds. The molecule has 19 heavy (non-hydrogen) atoms. The van der Waals surface area contributed by atoms with E-state index in [0.29, 0.717) is 0 Å². The summed E-state index contributed by atoms with van der Waals surface area (Å²) in [6.07, 6.45) is 2.34. The van der Waals surface area contributed by atoms with Crippen molar-refractivity contribution in [1.29, 1.82) is 0 Å². The van der Waals surface area contributed by atoms with Gasteiger partial charge in [0, 0.05) is 0 Å². The number of hydrogen-bond acceptors (Lipinski definition) is 1. The molecule has 0 N–H and O–H groups in total. The van der Waals surface area contributed by atoms with Gasteiger partial charge < -0.3 is 4.74 Å². The van der Waals surface area contributed by atoms with E-state index in [-0.39, 0.29) is 4.83 Å². The van der Waals surface area contributed by atoms with Crippen LogP contribution in [0.3, 0.4) is 0 Å². The van der Waals surface area contributed by atoms with E-state index in [1.807, 2.05) is 12.1 Å². The lowest BCUT2D eigenvalue weighted by atomic mass is 10.0. The molecule has 1 unspecified atom stereocenters. The Balaban J connectivity index is 2.15. The molecule has 0 radical (unpaired) electrons. The maximum atomic E-state index is 5.18. The van der Waals surface area contributed by atoms with E-state index in [0.717, 1.165) is 12.2 Å². The van der Waals surface area contributed by atoms with Crippen LogP contribution in [-0.2, 0) is 6.42 Å². The van der Waals surface area contributed by atoms with E-state index < -0.39 is 0 Å². The maximum absolute atomic E-state index is 5.18. The van der Waals surface area contributed by atoms with Crippen LogP contribution in [0.2, 0.25) is 0 Å². The van der Waals surface area contributed by atoms with E-state index in [2.05, 4.69) is 59.3 Å². The van der Waals surface area contributed by atoms with Gasteiger partial charge in [-0.25, -0.2) is 0 Å². The van der Waals surface area contributed by atoms with Gasteiger partial charge in [0.25, 0.3) is 0 Å². The van der Waals surface area contributed by atoms with E-state index in [1.54, 1.807) is 7.11 Å². The van der Waals surface area contributed by atoms with Gasteiger partial charge in [0.15, 0.2) is 0 Å². The molecule has 2 aromatic rings. The zero-order valence-corrected chi connectivity index (χ0v) is 13.0. The lowest BCUT2D eigenvalue weighted by Gasteiger charge is -2.12. The van der Waals surface area contributed by atoms with Crippen molar-refractivity contribution < 1.29 is 4.74 Å². The highest BCUT2D eigenvalue weighted by Crippen LogP contribution is 2.31. The van der Waals surface area contributed by atoms with Crippen LogP contribution in [0.1, 0.15) is 34.9 Å². The van der Waals surface area contributed by atoms with Crippen molar-refractivity contribution >= 4 is 15.9 Å². The Hall–Kier alpha value is -1.28. The molecule has 1 atom stereocenters. The summed E-state index contributed by atoms with van der Waals surface area (Å²) < 4.78 is 5.18. The van der Waals surface area contributed by atoms with E-state index >= 15 is 0 Å². The zero-order chi connectivity index (χ0) is 13.7. The van der Waals surface area contributed by atoms with Crippen molar-refractivity contribution in [2.45, 2.75) is 24.6 Å². The van der Waals surface area contributed by atoms with Gasteiger partial charge in [-0.3, -0.25) is 0 Å². The first kappa shape index (κ1) is 14.1. The number of rotatable bonds is 5. The Bertz CT molecular complexity index is 502. The Kier molecular flexibility index (Phi) is 5.03. The highest BCUT2D eigenvalue weighted by atomic mass is 79.9. The topological polar surface area (TPSA) is 9.23 Å². The van der Waals surface area contributed by atoms with Crippen molar-refractivity contribution in [1.82, 2.24) is 0 Å². The lowest BCUT2D eigenvalue weighted by Crippen LogP contribution is -1.94. The van der Waals surface area contributed by atoms with Crippen molar-refractivity contribution in [2.24, 2.45) is 0 Å². The second-order valence-electron chi connectivity index (χ2n) is 4.63. The highest BCUT2D eigenvalue weighted by Gasteiger charge is 2.10. The highest BCUT2D eigenvalue weighted by molar-refractivity contribution is 9.09. The van der Waals surface area contributed by atoms with Crippen LogP contribution >= 0.6 is 15.9 Å². The molecule has 100 valence electrons. The molecule has 0 bridgehead atoms. The summed E-state index contributed by atoms with van der Waals surface area (Å²) in [6.45, 7) is 2.21. The molecule has 0 spiro atoms. The minimum Gasteiger partial charge on any atom is -0.497 e. The molecule has 0 saturated heterocycles. The molecule has 0 aliphatic heterocycles. The molecule has 0 fully saturated rings. The first-order valence-electron chi connectivity index (χ1n) is 6.61. The summed E-state index contributed by atoms with van der Waals surface area (Å²) >= 11 is 3.76. The predicted molar refractivity (Wildman–Crippen MR) is 84.2 cm³/mol. The summed E-state index contributed by atoms with van der Waals surface area (Å²) in [5.41, 5.74) is 3.93. The summed E-state index contributed by atoms with van der Waals surface area (Å²) in [5, 5.41) is 0. The van der Waals surface area contributed by atoms with Gasteiger partial charge in [-0.15, -0.1) is 0 Å². The first-order valence-corrected chi connectivity index (χ1v) is 7.53. The van der Waals surface area contributed by atoms with Crippen molar-refractivity contribution in [3.8, 4) is 5.75 Å². The predicted octanol–water partition coefficient (Wildman–Crippen LogP) is 5.13. The van der Waals surface area contributed by atoms with Crippen LogP contribution in [0.25, 0.3) is 0 Å². The first-order chi connectivity index (χ1) is 9.24. The summed E-state index contributed by atoms with van der Waals surface area (Å²) in [7, 11) is 1.69. The number of hydrogen-bond donors (Lipinski definition) is 0. The summed E-state index contributed by atoms with van der Waals surface area (Å²) in [4.78, 5) is 0.231.